The normalized spacial score (nSPS) is 18.2. The number of primary amides is 1. The van der Waals surface area contributed by atoms with Crippen molar-refractivity contribution in [2.75, 3.05) is 39.4 Å². The summed E-state index contributed by atoms with van der Waals surface area (Å²) in [5, 5.41) is 5.68. The molecule has 2 aliphatic heterocycles. The number of aromatic nitrogens is 2. The Morgan fingerprint density at radius 1 is 1.10 bits per heavy atom. The molecule has 11 heteroatoms. The third-order valence-corrected chi connectivity index (χ3v) is 8.07. The smallest absolute Gasteiger partial charge is 0.379 e. The fraction of sp³-hybridized carbons (Fsp3) is 0.483. The van der Waals surface area contributed by atoms with Crippen molar-refractivity contribution in [1.29, 1.82) is 0 Å². The minimum atomic E-state index is -4.49. The third-order valence-electron chi connectivity index (χ3n) is 8.07. The SMILES string of the molecule is CC(Cc1c(C(N)=O)ccc2nn(CC3CCN(C(=O)c4cccc(C(F)(F)F)c4)CC3)cc12)N1CCOCC1. The molecular weight excluding hydrogens is 523 g/mol. The van der Waals surface area contributed by atoms with Crippen LogP contribution < -0.4 is 5.73 Å². The zero-order chi connectivity index (χ0) is 28.4. The van der Waals surface area contributed by atoms with Gasteiger partial charge in [-0.2, -0.15) is 18.3 Å². The van der Waals surface area contributed by atoms with Gasteiger partial charge in [0, 0.05) is 61.5 Å². The van der Waals surface area contributed by atoms with E-state index in [1.165, 1.54) is 12.1 Å². The number of fused-ring (bicyclic) bond motifs is 1. The molecule has 8 nitrogen and oxygen atoms in total. The van der Waals surface area contributed by atoms with E-state index in [0.29, 0.717) is 57.7 Å². The summed E-state index contributed by atoms with van der Waals surface area (Å²) in [5.41, 5.74) is 7.17. The molecule has 3 aromatic rings. The van der Waals surface area contributed by atoms with Crippen LogP contribution >= 0.6 is 0 Å². The van der Waals surface area contributed by atoms with E-state index in [9.17, 15) is 22.8 Å². The fourth-order valence-electron chi connectivity index (χ4n) is 5.78. The number of ether oxygens (including phenoxy) is 1. The van der Waals surface area contributed by atoms with Crippen LogP contribution in [-0.2, 0) is 23.9 Å². The number of rotatable bonds is 7. The highest BCUT2D eigenvalue weighted by atomic mass is 19.4. The first-order valence-corrected chi connectivity index (χ1v) is 13.7. The minimum Gasteiger partial charge on any atom is -0.379 e. The Kier molecular flexibility index (Phi) is 8.14. The molecule has 2 aliphatic rings. The number of amides is 2. The topological polar surface area (TPSA) is 93.7 Å². The standard InChI is InChI=1S/C29H34F3N5O3/c1-19(35-11-13-40-14-12-35)15-24-23(27(33)38)5-6-26-25(24)18-37(34-26)17-20-7-9-36(10-8-20)28(39)21-3-2-4-22(16-21)29(30,31)32/h2-6,16,18-20H,7-15,17H2,1H3,(H2,33,38). The Morgan fingerprint density at radius 3 is 2.50 bits per heavy atom. The number of carbonyl (C=O) groups excluding carboxylic acids is 2. The van der Waals surface area contributed by atoms with Gasteiger partial charge in [0.2, 0.25) is 5.91 Å². The first kappa shape index (κ1) is 28.1. The first-order valence-electron chi connectivity index (χ1n) is 13.7. The van der Waals surface area contributed by atoms with E-state index in [2.05, 4.69) is 11.8 Å². The van der Waals surface area contributed by atoms with Crippen LogP contribution in [0.3, 0.4) is 0 Å². The zero-order valence-corrected chi connectivity index (χ0v) is 22.5. The third kappa shape index (κ3) is 6.15. The van der Waals surface area contributed by atoms with Crippen molar-refractivity contribution < 1.29 is 27.5 Å². The van der Waals surface area contributed by atoms with E-state index in [0.717, 1.165) is 41.7 Å². The summed E-state index contributed by atoms with van der Waals surface area (Å²) >= 11 is 0. The molecule has 2 aromatic carbocycles. The van der Waals surface area contributed by atoms with E-state index >= 15 is 0 Å². The number of nitrogens with two attached hydrogens (primary N) is 1. The number of likely N-dealkylation sites (tertiary alicyclic amines) is 1. The van der Waals surface area contributed by atoms with Gasteiger partial charge < -0.3 is 15.4 Å². The largest absolute Gasteiger partial charge is 0.416 e. The molecule has 0 aliphatic carbocycles. The molecule has 5 rings (SSSR count). The maximum Gasteiger partial charge on any atom is 0.416 e. The number of hydrogen-bond acceptors (Lipinski definition) is 5. The molecular formula is C29H34F3N5O3. The number of benzene rings is 2. The van der Waals surface area contributed by atoms with Crippen molar-refractivity contribution in [3.8, 4) is 0 Å². The van der Waals surface area contributed by atoms with Gasteiger partial charge in [0.1, 0.15) is 0 Å². The van der Waals surface area contributed by atoms with Crippen molar-refractivity contribution >= 4 is 22.7 Å². The Hall–Kier alpha value is -3.44. The molecule has 2 saturated heterocycles. The van der Waals surface area contributed by atoms with Gasteiger partial charge in [-0.1, -0.05) is 6.07 Å². The number of piperidine rings is 1. The molecule has 0 saturated carbocycles. The lowest BCUT2D eigenvalue weighted by molar-refractivity contribution is -0.137. The van der Waals surface area contributed by atoms with E-state index in [4.69, 9.17) is 15.6 Å². The lowest BCUT2D eigenvalue weighted by Crippen LogP contribution is -2.43. The summed E-state index contributed by atoms with van der Waals surface area (Å²) in [6, 6.07) is 8.36. The molecule has 0 radical (unpaired) electrons. The maximum absolute atomic E-state index is 13.1. The Labute approximate surface area is 230 Å². The second-order valence-corrected chi connectivity index (χ2v) is 10.8. The highest BCUT2D eigenvalue weighted by Crippen LogP contribution is 2.31. The second kappa shape index (κ2) is 11.6. The average molecular weight is 558 g/mol. The van der Waals surface area contributed by atoms with Crippen molar-refractivity contribution in [2.45, 2.75) is 44.9 Å². The van der Waals surface area contributed by atoms with Gasteiger partial charge in [0.05, 0.1) is 24.3 Å². The van der Waals surface area contributed by atoms with Gasteiger partial charge in [-0.3, -0.25) is 19.2 Å². The van der Waals surface area contributed by atoms with Crippen LogP contribution in [-0.4, -0.2) is 76.8 Å². The van der Waals surface area contributed by atoms with E-state index in [1.807, 2.05) is 16.9 Å². The number of nitrogens with zero attached hydrogens (tertiary/aromatic N) is 4. The lowest BCUT2D eigenvalue weighted by atomic mass is 9.95. The van der Waals surface area contributed by atoms with E-state index in [-0.39, 0.29) is 23.4 Å². The zero-order valence-electron chi connectivity index (χ0n) is 22.5. The molecule has 1 unspecified atom stereocenters. The molecule has 2 N–H and O–H groups in total. The summed E-state index contributed by atoms with van der Waals surface area (Å²) in [6.07, 6.45) is -0.418. The molecule has 214 valence electrons. The summed E-state index contributed by atoms with van der Waals surface area (Å²) in [4.78, 5) is 29.1. The number of alkyl halides is 3. The number of morpholine rings is 1. The number of carbonyl (C=O) groups is 2. The van der Waals surface area contributed by atoms with Crippen molar-refractivity contribution in [3.63, 3.8) is 0 Å². The summed E-state index contributed by atoms with van der Waals surface area (Å²) < 4.78 is 46.6. The van der Waals surface area contributed by atoms with Crippen LogP contribution in [0.1, 0.15) is 51.6 Å². The van der Waals surface area contributed by atoms with Crippen molar-refractivity contribution in [3.05, 3.63) is 64.8 Å². The summed E-state index contributed by atoms with van der Waals surface area (Å²) in [6.45, 7) is 6.80. The molecule has 3 heterocycles. The molecule has 2 fully saturated rings. The summed E-state index contributed by atoms with van der Waals surface area (Å²) in [7, 11) is 0. The average Bonchev–Trinajstić information content (AvgIpc) is 3.36. The summed E-state index contributed by atoms with van der Waals surface area (Å²) in [5.74, 6) is -0.588. The molecule has 0 bridgehead atoms. The number of halogens is 3. The Morgan fingerprint density at radius 2 is 1.82 bits per heavy atom. The molecule has 40 heavy (non-hydrogen) atoms. The van der Waals surface area contributed by atoms with Crippen molar-refractivity contribution in [2.24, 2.45) is 11.7 Å². The van der Waals surface area contributed by atoms with E-state index < -0.39 is 17.6 Å². The molecule has 1 atom stereocenters. The predicted molar refractivity (Wildman–Crippen MR) is 144 cm³/mol. The quantitative estimate of drug-likeness (QED) is 0.475. The Bertz CT molecular complexity index is 1370. The maximum atomic E-state index is 13.1. The van der Waals surface area contributed by atoms with Gasteiger partial charge in [-0.05, 0) is 68.0 Å². The Balaban J connectivity index is 1.26. The first-order chi connectivity index (χ1) is 19.1. The molecule has 1 aromatic heterocycles. The van der Waals surface area contributed by atoms with Crippen LogP contribution in [0.15, 0.2) is 42.6 Å². The van der Waals surface area contributed by atoms with Crippen LogP contribution in [0, 0.1) is 5.92 Å². The van der Waals surface area contributed by atoms with Gasteiger partial charge in [0.15, 0.2) is 0 Å². The highest BCUT2D eigenvalue weighted by Gasteiger charge is 2.32. The second-order valence-electron chi connectivity index (χ2n) is 10.8. The van der Waals surface area contributed by atoms with Crippen LogP contribution in [0.5, 0.6) is 0 Å². The molecule has 2 amide bonds. The molecule has 0 spiro atoms. The van der Waals surface area contributed by atoms with Gasteiger partial charge in [-0.15, -0.1) is 0 Å². The number of hydrogen-bond donors (Lipinski definition) is 1. The van der Waals surface area contributed by atoms with Gasteiger partial charge in [0.25, 0.3) is 5.91 Å². The van der Waals surface area contributed by atoms with Crippen LogP contribution in [0.4, 0.5) is 13.2 Å². The van der Waals surface area contributed by atoms with Crippen LogP contribution in [0.2, 0.25) is 0 Å². The minimum absolute atomic E-state index is 0.0516. The van der Waals surface area contributed by atoms with Crippen molar-refractivity contribution in [1.82, 2.24) is 19.6 Å². The lowest BCUT2D eigenvalue weighted by Gasteiger charge is -2.32. The van der Waals surface area contributed by atoms with Gasteiger partial charge >= 0.3 is 6.18 Å². The predicted octanol–water partition coefficient (Wildman–Crippen LogP) is 3.97. The monoisotopic (exact) mass is 557 g/mol. The highest BCUT2D eigenvalue weighted by molar-refractivity contribution is 6.00. The van der Waals surface area contributed by atoms with E-state index in [1.54, 1.807) is 11.0 Å². The van der Waals surface area contributed by atoms with Crippen LogP contribution in [0.25, 0.3) is 10.9 Å². The van der Waals surface area contributed by atoms with Gasteiger partial charge in [-0.25, -0.2) is 0 Å². The fourth-order valence-corrected chi connectivity index (χ4v) is 5.78.